The highest BCUT2D eigenvalue weighted by molar-refractivity contribution is 8.00. The molecule has 0 radical (unpaired) electrons. The summed E-state index contributed by atoms with van der Waals surface area (Å²) in [6.45, 7) is 4.28. The van der Waals surface area contributed by atoms with Gasteiger partial charge in [-0.15, -0.1) is 10.2 Å². The summed E-state index contributed by atoms with van der Waals surface area (Å²) < 4.78 is 20.6. The van der Waals surface area contributed by atoms with E-state index in [1.807, 2.05) is 30.5 Å². The molecule has 1 N–H and O–H groups in total. The second kappa shape index (κ2) is 8.41. The number of aromatic nitrogens is 3. The molecule has 2 aromatic heterocycles. The lowest BCUT2D eigenvalue weighted by atomic mass is 10.1. The largest absolute Gasteiger partial charge is 0.467 e. The molecule has 1 aliphatic rings. The lowest BCUT2D eigenvalue weighted by molar-refractivity contribution is -0.120. The van der Waals surface area contributed by atoms with Gasteiger partial charge >= 0.3 is 0 Å². The van der Waals surface area contributed by atoms with Gasteiger partial charge in [0, 0.05) is 5.92 Å². The lowest BCUT2D eigenvalue weighted by Crippen LogP contribution is -2.33. The van der Waals surface area contributed by atoms with Gasteiger partial charge in [-0.25, -0.2) is 4.39 Å². The number of nitrogens with zero attached hydrogens (tertiary/aromatic N) is 3. The van der Waals surface area contributed by atoms with Crippen molar-refractivity contribution in [1.82, 2.24) is 20.1 Å². The van der Waals surface area contributed by atoms with Gasteiger partial charge in [0.1, 0.15) is 17.4 Å². The minimum Gasteiger partial charge on any atom is -0.467 e. The Morgan fingerprint density at radius 2 is 2.03 bits per heavy atom. The number of carbonyl (C=O) groups is 1. The summed E-state index contributed by atoms with van der Waals surface area (Å²) in [4.78, 5) is 12.7. The minimum absolute atomic E-state index is 0.104. The summed E-state index contributed by atoms with van der Waals surface area (Å²) in [5.74, 6) is 1.83. The highest BCUT2D eigenvalue weighted by Crippen LogP contribution is 2.40. The van der Waals surface area contributed by atoms with Gasteiger partial charge in [-0.1, -0.05) is 23.9 Å². The third kappa shape index (κ3) is 4.70. The average molecular weight is 415 g/mol. The van der Waals surface area contributed by atoms with Crippen molar-refractivity contribution in [3.8, 4) is 0 Å². The smallest absolute Gasteiger partial charge is 0.233 e. The van der Waals surface area contributed by atoms with Crippen LogP contribution in [-0.2, 0) is 11.3 Å². The van der Waals surface area contributed by atoms with Crippen LogP contribution in [0.3, 0.4) is 0 Å². The maximum atomic E-state index is 13.1. The average Bonchev–Trinajstić information content (AvgIpc) is 3.28. The fraction of sp³-hybridized carbons (Fsp3) is 0.381. The van der Waals surface area contributed by atoms with E-state index in [-0.39, 0.29) is 23.0 Å². The van der Waals surface area contributed by atoms with Crippen LogP contribution in [0.4, 0.5) is 4.39 Å². The van der Waals surface area contributed by atoms with Crippen LogP contribution in [0.1, 0.15) is 55.8 Å². The number of halogens is 1. The number of hydrogen-bond acceptors (Lipinski definition) is 5. The molecule has 152 valence electrons. The van der Waals surface area contributed by atoms with Crippen molar-refractivity contribution >= 4 is 17.7 Å². The predicted molar refractivity (Wildman–Crippen MR) is 108 cm³/mol. The van der Waals surface area contributed by atoms with E-state index in [1.165, 1.54) is 23.9 Å². The molecule has 0 bridgehead atoms. The normalized spacial score (nSPS) is 15.8. The summed E-state index contributed by atoms with van der Waals surface area (Å²) in [5.41, 5.74) is 0.856. The Morgan fingerprint density at radius 1 is 1.28 bits per heavy atom. The Kier molecular flexibility index (Phi) is 5.71. The number of hydrogen-bond donors (Lipinski definition) is 1. The summed E-state index contributed by atoms with van der Waals surface area (Å²) in [5, 5.41) is 12.0. The van der Waals surface area contributed by atoms with Crippen molar-refractivity contribution in [2.24, 2.45) is 0 Å². The number of thioether (sulfide) groups is 1. The van der Waals surface area contributed by atoms with Crippen molar-refractivity contribution < 1.29 is 13.6 Å². The molecule has 1 saturated carbocycles. The highest BCUT2D eigenvalue weighted by atomic mass is 32.2. The Bertz CT molecular complexity index is 967. The van der Waals surface area contributed by atoms with Crippen molar-refractivity contribution in [2.75, 3.05) is 0 Å². The summed E-state index contributed by atoms with van der Waals surface area (Å²) in [6, 6.07) is 9.72. The fourth-order valence-electron chi connectivity index (χ4n) is 3.11. The van der Waals surface area contributed by atoms with E-state index in [0.717, 1.165) is 30.0 Å². The molecule has 29 heavy (non-hydrogen) atoms. The summed E-state index contributed by atoms with van der Waals surface area (Å²) in [6.07, 6.45) is 3.88. The van der Waals surface area contributed by atoms with Crippen LogP contribution in [0.25, 0.3) is 0 Å². The molecule has 1 aliphatic carbocycles. The molecule has 1 aromatic carbocycles. The number of rotatable bonds is 8. The third-order valence-electron chi connectivity index (χ3n) is 4.96. The zero-order valence-electron chi connectivity index (χ0n) is 16.3. The van der Waals surface area contributed by atoms with Gasteiger partial charge in [-0.05, 0) is 56.5 Å². The van der Waals surface area contributed by atoms with Crippen molar-refractivity contribution in [3.05, 3.63) is 65.6 Å². The van der Waals surface area contributed by atoms with Gasteiger partial charge in [-0.3, -0.25) is 9.36 Å². The molecule has 0 spiro atoms. The van der Waals surface area contributed by atoms with Crippen molar-refractivity contribution in [1.29, 1.82) is 0 Å². The van der Waals surface area contributed by atoms with Crippen LogP contribution in [0.15, 0.2) is 52.2 Å². The molecule has 6 nitrogen and oxygen atoms in total. The zero-order chi connectivity index (χ0) is 20.4. The third-order valence-corrected chi connectivity index (χ3v) is 6.04. The maximum absolute atomic E-state index is 13.1. The molecular weight excluding hydrogens is 391 g/mol. The second-order valence-electron chi connectivity index (χ2n) is 7.32. The molecule has 0 aliphatic heterocycles. The molecule has 2 heterocycles. The number of furan rings is 1. The van der Waals surface area contributed by atoms with Gasteiger partial charge in [-0.2, -0.15) is 0 Å². The lowest BCUT2D eigenvalue weighted by Gasteiger charge is -2.18. The van der Waals surface area contributed by atoms with Gasteiger partial charge in [0.15, 0.2) is 5.16 Å². The van der Waals surface area contributed by atoms with E-state index in [1.54, 1.807) is 18.4 Å². The molecule has 8 heteroatoms. The Labute approximate surface area is 172 Å². The topological polar surface area (TPSA) is 73.0 Å². The van der Waals surface area contributed by atoms with Crippen LogP contribution < -0.4 is 5.32 Å². The van der Waals surface area contributed by atoms with E-state index < -0.39 is 0 Å². The predicted octanol–water partition coefficient (Wildman–Crippen LogP) is 4.29. The van der Waals surface area contributed by atoms with E-state index >= 15 is 0 Å². The van der Waals surface area contributed by atoms with Gasteiger partial charge in [0.05, 0.1) is 24.1 Å². The summed E-state index contributed by atoms with van der Waals surface area (Å²) in [7, 11) is 0. The van der Waals surface area contributed by atoms with Gasteiger partial charge in [0.2, 0.25) is 5.91 Å². The molecule has 2 atom stereocenters. The Hall–Kier alpha value is -2.61. The summed E-state index contributed by atoms with van der Waals surface area (Å²) >= 11 is 1.38. The highest BCUT2D eigenvalue weighted by Gasteiger charge is 2.31. The van der Waals surface area contributed by atoms with Crippen LogP contribution in [0, 0.1) is 5.82 Å². The molecular formula is C21H23FN4O2S. The van der Waals surface area contributed by atoms with Crippen LogP contribution in [0.5, 0.6) is 0 Å². The SMILES string of the molecule is CC(Sc1nnc(C2CC2)n1Cc1ccco1)C(=O)NC(C)c1ccc(F)cc1. The van der Waals surface area contributed by atoms with Gasteiger partial charge < -0.3 is 9.73 Å². The Morgan fingerprint density at radius 3 is 2.69 bits per heavy atom. The molecule has 2 unspecified atom stereocenters. The number of amides is 1. The minimum atomic E-state index is -0.357. The zero-order valence-corrected chi connectivity index (χ0v) is 17.2. The first-order valence-corrected chi connectivity index (χ1v) is 10.6. The maximum Gasteiger partial charge on any atom is 0.233 e. The fourth-order valence-corrected chi connectivity index (χ4v) is 3.98. The number of carbonyl (C=O) groups excluding carboxylic acids is 1. The molecule has 4 rings (SSSR count). The van der Waals surface area contributed by atoms with E-state index in [0.29, 0.717) is 17.6 Å². The van der Waals surface area contributed by atoms with Crippen LogP contribution in [-0.4, -0.2) is 25.9 Å². The number of nitrogens with one attached hydrogen (secondary N) is 1. The molecule has 3 aromatic rings. The van der Waals surface area contributed by atoms with E-state index in [4.69, 9.17) is 4.42 Å². The standard InChI is InChI=1S/C21H23FN4O2S/c1-13(15-7-9-17(22)10-8-15)23-20(27)14(2)29-21-25-24-19(16-5-6-16)26(21)12-18-4-3-11-28-18/h3-4,7-11,13-14,16H,5-6,12H2,1-2H3,(H,23,27). The van der Waals surface area contributed by atoms with E-state index in [2.05, 4.69) is 15.5 Å². The van der Waals surface area contributed by atoms with Crippen molar-refractivity contribution in [3.63, 3.8) is 0 Å². The van der Waals surface area contributed by atoms with Crippen LogP contribution >= 0.6 is 11.8 Å². The van der Waals surface area contributed by atoms with Crippen molar-refractivity contribution in [2.45, 2.75) is 55.6 Å². The van der Waals surface area contributed by atoms with E-state index in [9.17, 15) is 9.18 Å². The molecule has 1 fully saturated rings. The first-order chi connectivity index (χ1) is 14.0. The van der Waals surface area contributed by atoms with Crippen LogP contribution in [0.2, 0.25) is 0 Å². The first kappa shape index (κ1) is 19.7. The molecule has 1 amide bonds. The Balaban J connectivity index is 1.44. The number of benzene rings is 1. The molecule has 0 saturated heterocycles. The quantitative estimate of drug-likeness (QED) is 0.557. The first-order valence-electron chi connectivity index (χ1n) is 9.69. The van der Waals surface area contributed by atoms with Gasteiger partial charge in [0.25, 0.3) is 0 Å². The monoisotopic (exact) mass is 414 g/mol. The second-order valence-corrected chi connectivity index (χ2v) is 8.63.